The van der Waals surface area contributed by atoms with Crippen molar-refractivity contribution in [1.82, 2.24) is 14.6 Å². The minimum atomic E-state index is 0.475. The second kappa shape index (κ2) is 8.23. The van der Waals surface area contributed by atoms with Crippen molar-refractivity contribution >= 4 is 52.0 Å². The summed E-state index contributed by atoms with van der Waals surface area (Å²) in [6, 6.07) is 25.0. The van der Waals surface area contributed by atoms with Crippen LogP contribution in [0.3, 0.4) is 0 Å². The Morgan fingerprint density at radius 3 is 2.26 bits per heavy atom. The normalized spacial score (nSPS) is 11.1. The highest BCUT2D eigenvalue weighted by molar-refractivity contribution is 6.42. The number of benzene rings is 3. The second-order valence-corrected chi connectivity index (χ2v) is 8.20. The number of rotatable bonds is 4. The van der Waals surface area contributed by atoms with Gasteiger partial charge in [-0.2, -0.15) is 9.61 Å². The van der Waals surface area contributed by atoms with E-state index in [1.165, 1.54) is 0 Å². The zero-order valence-corrected chi connectivity index (χ0v) is 18.3. The molecule has 0 saturated heterocycles. The maximum atomic E-state index is 6.20. The molecule has 0 aliphatic rings. The van der Waals surface area contributed by atoms with Gasteiger partial charge in [-0.05, 0) is 35.9 Å². The highest BCUT2D eigenvalue weighted by Crippen LogP contribution is 2.32. The third-order valence-electron chi connectivity index (χ3n) is 4.89. The van der Waals surface area contributed by atoms with Crippen LogP contribution in [0.25, 0.3) is 28.0 Å². The molecule has 5 rings (SSSR count). The van der Waals surface area contributed by atoms with Crippen LogP contribution < -0.4 is 5.32 Å². The molecule has 0 fully saturated rings. The van der Waals surface area contributed by atoms with Crippen molar-refractivity contribution in [3.63, 3.8) is 0 Å². The van der Waals surface area contributed by atoms with Gasteiger partial charge in [0.05, 0.1) is 21.9 Å². The van der Waals surface area contributed by atoms with Crippen LogP contribution in [-0.2, 0) is 0 Å². The molecule has 0 aliphatic carbocycles. The van der Waals surface area contributed by atoms with Crippen molar-refractivity contribution < 1.29 is 0 Å². The van der Waals surface area contributed by atoms with Gasteiger partial charge in [-0.1, -0.05) is 77.3 Å². The molecule has 3 aromatic carbocycles. The SMILES string of the molecule is Clc1ccc(-c2cnn3c(Nc4ccc(Cl)c(Cl)c4)cc(-c4ccccc4)nc23)cc1. The summed E-state index contributed by atoms with van der Waals surface area (Å²) in [5.41, 5.74) is 5.25. The van der Waals surface area contributed by atoms with Gasteiger partial charge in [0, 0.05) is 27.9 Å². The van der Waals surface area contributed by atoms with Crippen LogP contribution in [0.15, 0.2) is 85.1 Å². The predicted molar refractivity (Wildman–Crippen MR) is 129 cm³/mol. The van der Waals surface area contributed by atoms with Gasteiger partial charge in [0.25, 0.3) is 0 Å². The Bertz CT molecular complexity index is 1380. The quantitative estimate of drug-likeness (QED) is 0.295. The smallest absolute Gasteiger partial charge is 0.165 e. The molecule has 0 bridgehead atoms. The summed E-state index contributed by atoms with van der Waals surface area (Å²) < 4.78 is 1.78. The molecule has 2 heterocycles. The number of halogens is 3. The van der Waals surface area contributed by atoms with Crippen molar-refractivity contribution in [2.45, 2.75) is 0 Å². The molecular formula is C24H15Cl3N4. The Balaban J connectivity index is 1.69. The molecule has 31 heavy (non-hydrogen) atoms. The first-order valence-electron chi connectivity index (χ1n) is 9.51. The first kappa shape index (κ1) is 19.9. The lowest BCUT2D eigenvalue weighted by atomic mass is 10.1. The number of nitrogens with zero attached hydrogens (tertiary/aromatic N) is 3. The largest absolute Gasteiger partial charge is 0.340 e. The number of fused-ring (bicyclic) bond motifs is 1. The monoisotopic (exact) mass is 464 g/mol. The fraction of sp³-hybridized carbons (Fsp3) is 0. The lowest BCUT2D eigenvalue weighted by Crippen LogP contribution is -2.02. The summed E-state index contributed by atoms with van der Waals surface area (Å²) >= 11 is 18.3. The van der Waals surface area contributed by atoms with Crippen LogP contribution in [0.2, 0.25) is 15.1 Å². The molecule has 152 valence electrons. The molecule has 5 aromatic rings. The zero-order valence-electron chi connectivity index (χ0n) is 16.1. The molecule has 0 amide bonds. The number of hydrogen-bond acceptors (Lipinski definition) is 3. The van der Waals surface area contributed by atoms with E-state index in [1.54, 1.807) is 22.8 Å². The Kier molecular flexibility index (Phi) is 5.28. The molecule has 0 saturated carbocycles. The molecule has 4 nitrogen and oxygen atoms in total. The first-order valence-corrected chi connectivity index (χ1v) is 10.6. The first-order chi connectivity index (χ1) is 15.1. The average molecular weight is 466 g/mol. The fourth-order valence-electron chi connectivity index (χ4n) is 3.36. The lowest BCUT2D eigenvalue weighted by molar-refractivity contribution is 0.949. The Labute approximate surface area is 194 Å². The highest BCUT2D eigenvalue weighted by Gasteiger charge is 2.15. The molecular weight excluding hydrogens is 451 g/mol. The Hall–Kier alpha value is -3.05. The summed E-state index contributed by atoms with van der Waals surface area (Å²) in [5, 5.41) is 9.64. The van der Waals surface area contributed by atoms with Gasteiger partial charge < -0.3 is 5.32 Å². The Morgan fingerprint density at radius 2 is 1.52 bits per heavy atom. The summed E-state index contributed by atoms with van der Waals surface area (Å²) in [7, 11) is 0. The third kappa shape index (κ3) is 3.98. The van der Waals surface area contributed by atoms with Crippen molar-refractivity contribution in [2.75, 3.05) is 5.32 Å². The standard InChI is InChI=1S/C24H15Cl3N4/c25-17-8-6-15(7-9-17)19-14-28-31-23(29-18-10-11-20(26)21(27)12-18)13-22(30-24(19)31)16-4-2-1-3-5-16/h1-14,29H. The van der Waals surface area contributed by atoms with E-state index in [-0.39, 0.29) is 0 Å². The van der Waals surface area contributed by atoms with Crippen LogP contribution in [0.4, 0.5) is 11.5 Å². The summed E-state index contributed by atoms with van der Waals surface area (Å²) in [4.78, 5) is 4.92. The minimum Gasteiger partial charge on any atom is -0.340 e. The van der Waals surface area contributed by atoms with Gasteiger partial charge >= 0.3 is 0 Å². The maximum Gasteiger partial charge on any atom is 0.165 e. The van der Waals surface area contributed by atoms with Crippen molar-refractivity contribution in [3.05, 3.63) is 100 Å². The number of hydrogen-bond donors (Lipinski definition) is 1. The van der Waals surface area contributed by atoms with Gasteiger partial charge in [-0.15, -0.1) is 0 Å². The van der Waals surface area contributed by atoms with E-state index in [4.69, 9.17) is 39.8 Å². The van der Waals surface area contributed by atoms with Gasteiger partial charge in [0.2, 0.25) is 0 Å². The van der Waals surface area contributed by atoms with E-state index in [2.05, 4.69) is 10.4 Å². The molecule has 0 spiro atoms. The molecule has 7 heteroatoms. The Morgan fingerprint density at radius 1 is 0.742 bits per heavy atom. The van der Waals surface area contributed by atoms with Crippen LogP contribution in [0.5, 0.6) is 0 Å². The topological polar surface area (TPSA) is 42.2 Å². The predicted octanol–water partition coefficient (Wildman–Crippen LogP) is 7.77. The van der Waals surface area contributed by atoms with E-state index < -0.39 is 0 Å². The van der Waals surface area contributed by atoms with Crippen LogP contribution in [0, 0.1) is 0 Å². The van der Waals surface area contributed by atoms with E-state index in [0.717, 1.165) is 39.5 Å². The highest BCUT2D eigenvalue weighted by atomic mass is 35.5. The number of aromatic nitrogens is 3. The lowest BCUT2D eigenvalue weighted by Gasteiger charge is -2.12. The summed E-state index contributed by atoms with van der Waals surface area (Å²) in [5.74, 6) is 0.752. The van der Waals surface area contributed by atoms with Crippen LogP contribution in [0.1, 0.15) is 0 Å². The van der Waals surface area contributed by atoms with Gasteiger partial charge in [-0.25, -0.2) is 4.98 Å². The summed E-state index contributed by atoms with van der Waals surface area (Å²) in [6.07, 6.45) is 1.81. The molecule has 0 aliphatic heterocycles. The van der Waals surface area contributed by atoms with Crippen molar-refractivity contribution in [2.24, 2.45) is 0 Å². The molecule has 0 radical (unpaired) electrons. The molecule has 1 N–H and O–H groups in total. The van der Waals surface area contributed by atoms with Gasteiger partial charge in [0.15, 0.2) is 5.65 Å². The van der Waals surface area contributed by atoms with Crippen LogP contribution in [-0.4, -0.2) is 14.6 Å². The third-order valence-corrected chi connectivity index (χ3v) is 5.88. The number of nitrogens with one attached hydrogen (secondary N) is 1. The van der Waals surface area contributed by atoms with E-state index in [0.29, 0.717) is 15.1 Å². The molecule has 0 atom stereocenters. The van der Waals surface area contributed by atoms with Gasteiger partial charge in [0.1, 0.15) is 5.82 Å². The molecule has 2 aromatic heterocycles. The minimum absolute atomic E-state index is 0.475. The maximum absolute atomic E-state index is 6.20. The van der Waals surface area contributed by atoms with E-state index in [9.17, 15) is 0 Å². The number of anilines is 2. The van der Waals surface area contributed by atoms with E-state index >= 15 is 0 Å². The van der Waals surface area contributed by atoms with Crippen molar-refractivity contribution in [1.29, 1.82) is 0 Å². The van der Waals surface area contributed by atoms with Crippen LogP contribution >= 0.6 is 34.8 Å². The van der Waals surface area contributed by atoms with Gasteiger partial charge in [-0.3, -0.25) is 0 Å². The second-order valence-electron chi connectivity index (χ2n) is 6.95. The zero-order chi connectivity index (χ0) is 21.4. The fourth-order valence-corrected chi connectivity index (χ4v) is 3.79. The molecule has 0 unspecified atom stereocenters. The average Bonchev–Trinajstić information content (AvgIpc) is 3.22. The van der Waals surface area contributed by atoms with Crippen molar-refractivity contribution in [3.8, 4) is 22.4 Å². The van der Waals surface area contributed by atoms with E-state index in [1.807, 2.05) is 66.7 Å². The summed E-state index contributed by atoms with van der Waals surface area (Å²) in [6.45, 7) is 0.